The zero-order valence-electron chi connectivity index (χ0n) is 9.52. The third kappa shape index (κ3) is 1.58. The van der Waals surface area contributed by atoms with Crippen LogP contribution in [0.25, 0.3) is 0 Å². The Morgan fingerprint density at radius 1 is 1.23 bits per heavy atom. The molecule has 0 radical (unpaired) electrons. The zero-order chi connectivity index (χ0) is 10.1. The lowest BCUT2D eigenvalue weighted by Crippen LogP contribution is -2.55. The van der Waals surface area contributed by atoms with E-state index < -0.39 is 8.56 Å². The van der Waals surface area contributed by atoms with Gasteiger partial charge in [-0.15, -0.1) is 0 Å². The van der Waals surface area contributed by atoms with E-state index in [9.17, 15) is 0 Å². The van der Waals surface area contributed by atoms with Crippen molar-refractivity contribution in [1.82, 2.24) is 0 Å². The average molecular weight is 202 g/mol. The van der Waals surface area contributed by atoms with Crippen LogP contribution >= 0.6 is 0 Å². The van der Waals surface area contributed by atoms with E-state index in [0.29, 0.717) is 5.54 Å². The Balaban J connectivity index is 2.96. The van der Waals surface area contributed by atoms with Crippen LogP contribution in [0.15, 0.2) is 0 Å². The molecule has 0 bridgehead atoms. The highest BCUT2D eigenvalue weighted by Crippen LogP contribution is 2.53. The van der Waals surface area contributed by atoms with Crippen molar-refractivity contribution < 1.29 is 8.85 Å². The van der Waals surface area contributed by atoms with E-state index in [1.807, 2.05) is 14.2 Å². The van der Waals surface area contributed by atoms with E-state index in [1.165, 1.54) is 19.3 Å². The summed E-state index contributed by atoms with van der Waals surface area (Å²) in [4.78, 5) is 0. The second-order valence-corrected chi connectivity index (χ2v) is 9.24. The average Bonchev–Trinajstić information content (AvgIpc) is 2.05. The summed E-state index contributed by atoms with van der Waals surface area (Å²) in [6.07, 6.45) is 3.82. The molecule has 1 saturated heterocycles. The Bertz CT molecular complexity index is 176. The summed E-state index contributed by atoms with van der Waals surface area (Å²) in [5, 5.41) is 0.258. The molecule has 78 valence electrons. The van der Waals surface area contributed by atoms with E-state index >= 15 is 0 Å². The van der Waals surface area contributed by atoms with E-state index in [0.717, 1.165) is 0 Å². The van der Waals surface area contributed by atoms with Crippen LogP contribution in [-0.4, -0.2) is 22.8 Å². The Kier molecular flexibility index (Phi) is 3.20. The van der Waals surface area contributed by atoms with Gasteiger partial charge in [0.1, 0.15) is 0 Å². The van der Waals surface area contributed by atoms with Gasteiger partial charge in [0.25, 0.3) is 0 Å². The first kappa shape index (κ1) is 11.2. The molecule has 1 fully saturated rings. The minimum atomic E-state index is -1.96. The molecule has 0 aromatic carbocycles. The third-order valence-electron chi connectivity index (χ3n) is 3.64. The fourth-order valence-electron chi connectivity index (χ4n) is 2.92. The standard InChI is InChI=1S/C10H22O2Si/c1-9-7-6-8-10(2,3)13(9,11-4)12-5/h9H,6-8H2,1-5H3. The van der Waals surface area contributed by atoms with Crippen molar-refractivity contribution in [2.24, 2.45) is 0 Å². The molecule has 0 amide bonds. The van der Waals surface area contributed by atoms with Crippen molar-refractivity contribution in [3.8, 4) is 0 Å². The Labute approximate surface area is 82.9 Å². The summed E-state index contributed by atoms with van der Waals surface area (Å²) in [5.74, 6) is 0. The van der Waals surface area contributed by atoms with Gasteiger partial charge < -0.3 is 8.85 Å². The van der Waals surface area contributed by atoms with Crippen LogP contribution in [0.2, 0.25) is 10.6 Å². The molecule has 1 aliphatic heterocycles. The van der Waals surface area contributed by atoms with Crippen LogP contribution in [0.1, 0.15) is 40.0 Å². The van der Waals surface area contributed by atoms with Crippen molar-refractivity contribution in [1.29, 1.82) is 0 Å². The Morgan fingerprint density at radius 3 is 2.08 bits per heavy atom. The summed E-state index contributed by atoms with van der Waals surface area (Å²) in [6, 6.07) is 0. The molecule has 0 spiro atoms. The second-order valence-electron chi connectivity index (χ2n) is 4.75. The van der Waals surface area contributed by atoms with Crippen molar-refractivity contribution >= 4 is 8.56 Å². The minimum Gasteiger partial charge on any atom is -0.397 e. The van der Waals surface area contributed by atoms with Gasteiger partial charge in [0.2, 0.25) is 0 Å². The van der Waals surface area contributed by atoms with E-state index in [2.05, 4.69) is 20.8 Å². The summed E-state index contributed by atoms with van der Waals surface area (Å²) < 4.78 is 11.5. The Morgan fingerprint density at radius 2 is 1.77 bits per heavy atom. The molecule has 0 saturated carbocycles. The van der Waals surface area contributed by atoms with Crippen LogP contribution in [0, 0.1) is 0 Å². The SMILES string of the molecule is CO[Si]1(OC)C(C)CCCC1(C)C. The van der Waals surface area contributed by atoms with Crippen molar-refractivity contribution in [3.63, 3.8) is 0 Å². The van der Waals surface area contributed by atoms with Crippen molar-refractivity contribution in [2.75, 3.05) is 14.2 Å². The van der Waals surface area contributed by atoms with Gasteiger partial charge in [-0.05, 0) is 12.8 Å². The highest BCUT2D eigenvalue weighted by atomic mass is 28.4. The molecule has 13 heavy (non-hydrogen) atoms. The molecule has 1 aliphatic rings. The highest BCUT2D eigenvalue weighted by molar-refractivity contribution is 6.72. The quantitative estimate of drug-likeness (QED) is 0.641. The van der Waals surface area contributed by atoms with Crippen LogP contribution in [-0.2, 0) is 8.85 Å². The Hall–Kier alpha value is 0.137. The normalized spacial score (nSPS) is 31.6. The summed E-state index contributed by atoms with van der Waals surface area (Å²) in [6.45, 7) is 6.86. The van der Waals surface area contributed by atoms with Crippen molar-refractivity contribution in [2.45, 2.75) is 50.6 Å². The molecule has 1 atom stereocenters. The highest BCUT2D eigenvalue weighted by Gasteiger charge is 2.56. The molecule has 1 rings (SSSR count). The third-order valence-corrected chi connectivity index (χ3v) is 8.57. The molecule has 1 unspecified atom stereocenters. The predicted molar refractivity (Wildman–Crippen MR) is 57.1 cm³/mol. The molecule has 0 N–H and O–H groups in total. The smallest absolute Gasteiger partial charge is 0.346 e. The molecule has 3 heteroatoms. The number of hydrogen-bond donors (Lipinski definition) is 0. The molecular weight excluding hydrogens is 180 g/mol. The molecule has 2 nitrogen and oxygen atoms in total. The van der Waals surface area contributed by atoms with Gasteiger partial charge >= 0.3 is 8.56 Å². The van der Waals surface area contributed by atoms with Gasteiger partial charge in [0.15, 0.2) is 0 Å². The fourth-order valence-corrected chi connectivity index (χ4v) is 7.44. The van der Waals surface area contributed by atoms with Gasteiger partial charge in [-0.2, -0.15) is 0 Å². The predicted octanol–water partition coefficient (Wildman–Crippen LogP) is 3.08. The van der Waals surface area contributed by atoms with Gasteiger partial charge in [-0.3, -0.25) is 0 Å². The lowest BCUT2D eigenvalue weighted by molar-refractivity contribution is 0.178. The van der Waals surface area contributed by atoms with E-state index in [1.54, 1.807) is 0 Å². The maximum absolute atomic E-state index is 5.77. The number of hydrogen-bond acceptors (Lipinski definition) is 2. The lowest BCUT2D eigenvalue weighted by Gasteiger charge is -2.48. The monoisotopic (exact) mass is 202 g/mol. The maximum atomic E-state index is 5.77. The topological polar surface area (TPSA) is 18.5 Å². The summed E-state index contributed by atoms with van der Waals surface area (Å²) in [5.41, 5.74) is 0.617. The van der Waals surface area contributed by atoms with Gasteiger partial charge in [0, 0.05) is 24.8 Å². The first-order chi connectivity index (χ1) is 6.00. The molecule has 0 aromatic rings. The molecule has 1 heterocycles. The van der Waals surface area contributed by atoms with Gasteiger partial charge in [0.05, 0.1) is 0 Å². The van der Waals surface area contributed by atoms with Gasteiger partial charge in [-0.25, -0.2) is 0 Å². The number of rotatable bonds is 2. The van der Waals surface area contributed by atoms with Crippen LogP contribution in [0.4, 0.5) is 0 Å². The van der Waals surface area contributed by atoms with Crippen molar-refractivity contribution in [3.05, 3.63) is 0 Å². The summed E-state index contributed by atoms with van der Waals surface area (Å²) >= 11 is 0. The van der Waals surface area contributed by atoms with Gasteiger partial charge in [-0.1, -0.05) is 27.2 Å². The maximum Gasteiger partial charge on any atom is 0.346 e. The zero-order valence-corrected chi connectivity index (χ0v) is 10.5. The molecule has 0 aromatic heterocycles. The first-order valence-electron chi connectivity index (χ1n) is 5.10. The minimum absolute atomic E-state index is 0.258. The van der Waals surface area contributed by atoms with E-state index in [4.69, 9.17) is 8.85 Å². The van der Waals surface area contributed by atoms with Crippen LogP contribution < -0.4 is 0 Å². The largest absolute Gasteiger partial charge is 0.397 e. The molecular formula is C10H22O2Si. The summed E-state index contributed by atoms with van der Waals surface area (Å²) in [7, 11) is 1.68. The van der Waals surface area contributed by atoms with Crippen LogP contribution in [0.3, 0.4) is 0 Å². The first-order valence-corrected chi connectivity index (χ1v) is 7.00. The second kappa shape index (κ2) is 3.71. The van der Waals surface area contributed by atoms with E-state index in [-0.39, 0.29) is 5.04 Å². The van der Waals surface area contributed by atoms with Crippen LogP contribution in [0.5, 0.6) is 0 Å². The fraction of sp³-hybridized carbons (Fsp3) is 1.00. The molecule has 0 aliphatic carbocycles. The lowest BCUT2D eigenvalue weighted by atomic mass is 10.0.